The molecule has 0 radical (unpaired) electrons. The molecule has 2 heterocycles. The summed E-state index contributed by atoms with van der Waals surface area (Å²) < 4.78 is 6.17. The first-order valence-corrected chi connectivity index (χ1v) is 12.5. The average Bonchev–Trinajstić information content (AvgIpc) is 2.84. The maximum atomic E-state index is 13.4. The van der Waals surface area contributed by atoms with Crippen molar-refractivity contribution in [3.05, 3.63) is 64.1 Å². The molecular weight excluding hydrogens is 473 g/mol. The zero-order valence-electron chi connectivity index (χ0n) is 19.5. The summed E-state index contributed by atoms with van der Waals surface area (Å²) in [7, 11) is 2.07. The summed E-state index contributed by atoms with van der Waals surface area (Å²) in [5.41, 5.74) is -0.172. The van der Waals surface area contributed by atoms with Gasteiger partial charge < -0.3 is 19.4 Å². The van der Waals surface area contributed by atoms with E-state index in [4.69, 9.17) is 27.9 Å². The molecule has 6 nitrogen and oxygen atoms in total. The second-order valence-corrected chi connectivity index (χ2v) is 10.2. The van der Waals surface area contributed by atoms with Crippen molar-refractivity contribution in [3.63, 3.8) is 0 Å². The number of piperidine rings is 1. The molecule has 1 atom stereocenters. The fourth-order valence-electron chi connectivity index (χ4n) is 4.80. The highest BCUT2D eigenvalue weighted by atomic mass is 35.5. The van der Waals surface area contributed by atoms with Crippen LogP contribution in [0.25, 0.3) is 0 Å². The molecular formula is C26H31Cl2N3O3. The topological polar surface area (TPSA) is 53.1 Å². The predicted molar refractivity (Wildman–Crippen MR) is 135 cm³/mol. The molecule has 2 fully saturated rings. The zero-order chi connectivity index (χ0) is 24.1. The van der Waals surface area contributed by atoms with Crippen molar-refractivity contribution in [2.45, 2.75) is 19.3 Å². The van der Waals surface area contributed by atoms with Gasteiger partial charge in [-0.15, -0.1) is 0 Å². The van der Waals surface area contributed by atoms with Gasteiger partial charge >= 0.3 is 0 Å². The minimum atomic E-state index is -0.488. The normalized spacial score (nSPS) is 21.4. The van der Waals surface area contributed by atoms with E-state index in [9.17, 15) is 9.59 Å². The quantitative estimate of drug-likeness (QED) is 0.583. The Bertz CT molecular complexity index is 991. The van der Waals surface area contributed by atoms with Crippen LogP contribution in [-0.4, -0.2) is 79.4 Å². The molecule has 2 aromatic rings. The summed E-state index contributed by atoms with van der Waals surface area (Å²) in [6.45, 7) is 4.56. The van der Waals surface area contributed by atoms with Crippen molar-refractivity contribution in [1.82, 2.24) is 14.7 Å². The number of hydrogen-bond acceptors (Lipinski definition) is 4. The maximum absolute atomic E-state index is 13.4. The number of benzene rings is 2. The highest BCUT2D eigenvalue weighted by molar-refractivity contribution is 6.39. The monoisotopic (exact) mass is 503 g/mol. The molecule has 0 bridgehead atoms. The highest BCUT2D eigenvalue weighted by Crippen LogP contribution is 2.37. The van der Waals surface area contributed by atoms with Crippen LogP contribution in [0.15, 0.2) is 48.5 Å². The number of amides is 2. The van der Waals surface area contributed by atoms with E-state index in [1.54, 1.807) is 23.1 Å². The van der Waals surface area contributed by atoms with E-state index < -0.39 is 5.41 Å². The van der Waals surface area contributed by atoms with Gasteiger partial charge in [0.05, 0.1) is 22.2 Å². The number of nitrogens with zero attached hydrogens (tertiary/aromatic N) is 3. The molecule has 2 saturated heterocycles. The van der Waals surface area contributed by atoms with Crippen LogP contribution in [0.4, 0.5) is 0 Å². The average molecular weight is 504 g/mol. The van der Waals surface area contributed by atoms with Crippen LogP contribution in [0.1, 0.15) is 29.6 Å². The lowest BCUT2D eigenvalue weighted by molar-refractivity contribution is -0.137. The number of likely N-dealkylation sites (N-methyl/N-ethyl adjacent to an activating group) is 1. The Balaban J connectivity index is 1.55. The standard InChI is InChI=1S/C26H31Cl2N3O3/c1-29-13-15-30(16-14-29)23(32)17-26(19-34-20-7-3-2-4-8-20)11-6-12-31(18-26)25(33)24-21(27)9-5-10-22(24)28/h2-5,7-10H,6,11-19H2,1H3/t26-/m0/s1. The van der Waals surface area contributed by atoms with Gasteiger partial charge in [0.2, 0.25) is 5.91 Å². The van der Waals surface area contributed by atoms with Crippen molar-refractivity contribution < 1.29 is 14.3 Å². The van der Waals surface area contributed by atoms with Crippen molar-refractivity contribution in [1.29, 1.82) is 0 Å². The maximum Gasteiger partial charge on any atom is 0.256 e. The van der Waals surface area contributed by atoms with E-state index in [1.807, 2.05) is 35.2 Å². The first-order valence-electron chi connectivity index (χ1n) is 11.7. The fraction of sp³-hybridized carbons (Fsp3) is 0.462. The third kappa shape index (κ3) is 5.85. The number of piperazine rings is 1. The van der Waals surface area contributed by atoms with Crippen LogP contribution < -0.4 is 4.74 Å². The van der Waals surface area contributed by atoms with Crippen LogP contribution in [0, 0.1) is 5.41 Å². The van der Waals surface area contributed by atoms with Gasteiger partial charge in [-0.3, -0.25) is 9.59 Å². The zero-order valence-corrected chi connectivity index (χ0v) is 21.0. The number of likely N-dealkylation sites (tertiary alicyclic amines) is 1. The van der Waals surface area contributed by atoms with Gasteiger partial charge in [0.15, 0.2) is 0 Å². The van der Waals surface area contributed by atoms with Gasteiger partial charge in [0.25, 0.3) is 5.91 Å². The van der Waals surface area contributed by atoms with Gasteiger partial charge in [-0.05, 0) is 44.2 Å². The lowest BCUT2D eigenvalue weighted by Gasteiger charge is -2.43. The molecule has 8 heteroatoms. The van der Waals surface area contributed by atoms with E-state index in [2.05, 4.69) is 11.9 Å². The number of carbonyl (C=O) groups is 2. The Morgan fingerprint density at radius 3 is 2.26 bits per heavy atom. The minimum Gasteiger partial charge on any atom is -0.493 e. The first-order chi connectivity index (χ1) is 16.4. The molecule has 2 aliphatic rings. The fourth-order valence-corrected chi connectivity index (χ4v) is 5.36. The van der Waals surface area contributed by atoms with E-state index in [0.717, 1.165) is 44.8 Å². The van der Waals surface area contributed by atoms with Crippen molar-refractivity contribution in [2.24, 2.45) is 5.41 Å². The van der Waals surface area contributed by atoms with Crippen LogP contribution in [-0.2, 0) is 4.79 Å². The van der Waals surface area contributed by atoms with E-state index in [0.29, 0.717) is 41.7 Å². The number of rotatable bonds is 6. The van der Waals surface area contributed by atoms with E-state index in [1.165, 1.54) is 0 Å². The molecule has 2 aliphatic heterocycles. The minimum absolute atomic E-state index is 0.120. The van der Waals surface area contributed by atoms with Gasteiger partial charge in [-0.2, -0.15) is 0 Å². The molecule has 0 spiro atoms. The summed E-state index contributed by atoms with van der Waals surface area (Å²) in [4.78, 5) is 32.7. The summed E-state index contributed by atoms with van der Waals surface area (Å²) in [5, 5.41) is 0.672. The van der Waals surface area contributed by atoms with Crippen LogP contribution in [0.3, 0.4) is 0 Å². The highest BCUT2D eigenvalue weighted by Gasteiger charge is 2.41. The second kappa shape index (κ2) is 11.0. The van der Waals surface area contributed by atoms with E-state index >= 15 is 0 Å². The Labute approximate surface area is 211 Å². The van der Waals surface area contributed by atoms with E-state index in [-0.39, 0.29) is 11.8 Å². The largest absolute Gasteiger partial charge is 0.493 e. The molecule has 4 rings (SSSR count). The third-order valence-corrected chi connectivity index (χ3v) is 7.43. The lowest BCUT2D eigenvalue weighted by atomic mass is 9.77. The Morgan fingerprint density at radius 2 is 1.59 bits per heavy atom. The Hall–Kier alpha value is -2.28. The van der Waals surface area contributed by atoms with Gasteiger partial charge in [-0.1, -0.05) is 47.5 Å². The van der Waals surface area contributed by atoms with Crippen LogP contribution in [0.5, 0.6) is 5.75 Å². The molecule has 0 N–H and O–H groups in total. The lowest BCUT2D eigenvalue weighted by Crippen LogP contribution is -2.53. The van der Waals surface area contributed by atoms with Crippen molar-refractivity contribution >= 4 is 35.0 Å². The molecule has 2 aromatic carbocycles. The van der Waals surface area contributed by atoms with Gasteiger partial charge in [-0.25, -0.2) is 0 Å². The number of ether oxygens (including phenoxy) is 1. The number of halogens is 2. The van der Waals surface area contributed by atoms with Crippen molar-refractivity contribution in [3.8, 4) is 5.75 Å². The number of para-hydroxylation sites is 1. The first kappa shape index (κ1) is 24.8. The molecule has 34 heavy (non-hydrogen) atoms. The summed E-state index contributed by atoms with van der Waals surface area (Å²) in [5.74, 6) is 0.674. The van der Waals surface area contributed by atoms with Gasteiger partial charge in [0, 0.05) is 51.1 Å². The molecule has 0 unspecified atom stereocenters. The smallest absolute Gasteiger partial charge is 0.256 e. The molecule has 182 valence electrons. The Morgan fingerprint density at radius 1 is 0.912 bits per heavy atom. The molecule has 0 aromatic heterocycles. The summed E-state index contributed by atoms with van der Waals surface area (Å²) in [6, 6.07) is 14.7. The summed E-state index contributed by atoms with van der Waals surface area (Å²) >= 11 is 12.7. The van der Waals surface area contributed by atoms with Crippen LogP contribution >= 0.6 is 23.2 Å². The molecule has 2 amide bonds. The molecule has 0 saturated carbocycles. The Kier molecular flexibility index (Phi) is 8.02. The third-order valence-electron chi connectivity index (χ3n) is 6.80. The van der Waals surface area contributed by atoms with Crippen molar-refractivity contribution in [2.75, 3.05) is 52.9 Å². The number of hydrogen-bond donors (Lipinski definition) is 0. The van der Waals surface area contributed by atoms with Gasteiger partial charge in [0.1, 0.15) is 5.75 Å². The predicted octanol–water partition coefficient (Wildman–Crippen LogP) is 4.46. The molecule has 0 aliphatic carbocycles. The summed E-state index contributed by atoms with van der Waals surface area (Å²) in [6.07, 6.45) is 1.92. The van der Waals surface area contributed by atoms with Crippen LogP contribution in [0.2, 0.25) is 10.0 Å². The number of carbonyl (C=O) groups excluding carboxylic acids is 2. The SMILES string of the molecule is CN1CCN(C(=O)C[C@@]2(COc3ccccc3)CCCN(C(=O)c3c(Cl)cccc3Cl)C2)CC1. The second-order valence-electron chi connectivity index (χ2n) is 9.39.